The number of aliphatic hydroxyl groups excluding tert-OH is 2. The number of rotatable bonds is 12. The molecule has 0 saturated carbocycles. The van der Waals surface area contributed by atoms with Gasteiger partial charge < -0.3 is 32.5 Å². The highest BCUT2D eigenvalue weighted by atomic mass is 32.1. The number of nitrogens with zero attached hydrogens (tertiary/aromatic N) is 6. The van der Waals surface area contributed by atoms with Gasteiger partial charge in [-0.15, -0.1) is 34.0 Å². The number of likely N-dealkylation sites (N-methyl/N-ethyl adjacent to an activating group) is 1. The van der Waals surface area contributed by atoms with Crippen LogP contribution >= 0.6 is 34.0 Å². The van der Waals surface area contributed by atoms with Crippen molar-refractivity contribution in [1.82, 2.24) is 14.7 Å². The second kappa shape index (κ2) is 18.1. The summed E-state index contributed by atoms with van der Waals surface area (Å²) in [5.74, 6) is 1.62. The van der Waals surface area contributed by atoms with Crippen molar-refractivity contribution >= 4 is 68.6 Å². The summed E-state index contributed by atoms with van der Waals surface area (Å²) in [4.78, 5) is 24.1. The van der Waals surface area contributed by atoms with Crippen molar-refractivity contribution in [2.24, 2.45) is 32.2 Å². The zero-order valence-electron chi connectivity index (χ0n) is 37.6. The van der Waals surface area contributed by atoms with Crippen LogP contribution in [0.1, 0.15) is 90.4 Å². The average Bonchev–Trinajstić information content (AvgIpc) is 4.17. The van der Waals surface area contributed by atoms with Crippen LogP contribution in [0.4, 0.5) is 17.1 Å². The minimum atomic E-state index is -1.89. The summed E-state index contributed by atoms with van der Waals surface area (Å²) >= 11 is 4.85. The largest absolute Gasteiger partial charge is 0.388 e. The lowest BCUT2D eigenvalue weighted by molar-refractivity contribution is -0.188. The Morgan fingerprint density at radius 2 is 1.04 bits per heavy atom. The minimum Gasteiger partial charge on any atom is -0.388 e. The summed E-state index contributed by atoms with van der Waals surface area (Å²) < 4.78 is 0. The average molecular weight is 952 g/mol. The number of likely N-dealkylation sites (tertiary alicyclic amines) is 2. The maximum absolute atomic E-state index is 13.3. The molecule has 5 aliphatic rings. The Morgan fingerprint density at radius 3 is 1.54 bits per heavy atom. The van der Waals surface area contributed by atoms with Gasteiger partial charge in [-0.05, 0) is 148 Å². The van der Waals surface area contributed by atoms with Gasteiger partial charge in [0.05, 0.1) is 31.7 Å². The lowest BCUT2D eigenvalue weighted by atomic mass is 9.80. The number of benzene rings is 3. The fourth-order valence-corrected chi connectivity index (χ4v) is 13.8. The predicted octanol–water partition coefficient (Wildman–Crippen LogP) is 6.91. The van der Waals surface area contributed by atoms with Crippen LogP contribution in [-0.2, 0) is 38.9 Å². The second-order valence-corrected chi connectivity index (χ2v) is 21.9. The molecule has 9 N–H and O–H groups in total. The first-order valence-corrected chi connectivity index (χ1v) is 25.9. The van der Waals surface area contributed by atoms with Gasteiger partial charge in [0.2, 0.25) is 0 Å². The first-order valence-electron chi connectivity index (χ1n) is 23.3. The Balaban J connectivity index is 0.865. The van der Waals surface area contributed by atoms with Crippen LogP contribution < -0.4 is 17.2 Å². The van der Waals surface area contributed by atoms with Crippen molar-refractivity contribution in [2.75, 3.05) is 26.7 Å². The van der Waals surface area contributed by atoms with Crippen molar-refractivity contribution < 1.29 is 15.3 Å². The molecular formula is C52H57N9O3S3. The molecule has 11 rings (SSSR count). The lowest BCUT2D eigenvalue weighted by Gasteiger charge is -2.46. The van der Waals surface area contributed by atoms with E-state index in [1.807, 2.05) is 18.0 Å². The SMILES string of the molecule is CN(Cc1ccc2c(c1)Cc1ccsc1C(N)=N2)CC(O)(C(O)[C@H]1CCCN1Cc1ccc2c(c1)N=C(N)c1sccc1C2)C(O)[C@@H]1CCCN1Cc1ccc2c(c1)N=C(N)c1sccc1C2. The van der Waals surface area contributed by atoms with Gasteiger partial charge in [-0.1, -0.05) is 36.4 Å². The number of hydrogen-bond acceptors (Lipinski definition) is 15. The first-order chi connectivity index (χ1) is 32.5. The highest BCUT2D eigenvalue weighted by Gasteiger charge is 2.53. The summed E-state index contributed by atoms with van der Waals surface area (Å²) in [6.07, 6.45) is 2.87. The number of amidine groups is 3. The standard InChI is InChI=1S/C52H57N9O3S3/c1-59(26-30-8-11-39-38(20-30)25-37-14-19-67-46(37)49(53)56-39)29-52(64,47(62)42-4-2-15-60(42)27-31-6-9-33-23-35-12-17-65-44(35)50(54)57-40(33)21-31)48(63)43-5-3-16-61(43)28-32-7-10-34-24-36-13-18-66-45(36)51(55)58-41(34)22-32/h6-14,17-22,42-43,47-48,62-64H,2-5,15-16,23-29H2,1H3,(H2,53,56)(H2,54,57)(H2,55,58)/t42-,43+,47?,48?,52?. The Hall–Kier alpha value is -5.07. The van der Waals surface area contributed by atoms with E-state index in [-0.39, 0.29) is 6.54 Å². The Kier molecular flexibility index (Phi) is 12.0. The van der Waals surface area contributed by atoms with Crippen LogP contribution in [0.25, 0.3) is 0 Å². The Labute approximate surface area is 403 Å². The van der Waals surface area contributed by atoms with Gasteiger partial charge in [0.25, 0.3) is 0 Å². The lowest BCUT2D eigenvalue weighted by Crippen LogP contribution is -2.67. The van der Waals surface area contributed by atoms with Crippen LogP contribution in [0.3, 0.4) is 0 Å². The third kappa shape index (κ3) is 8.59. The van der Waals surface area contributed by atoms with E-state index in [2.05, 4.69) is 92.7 Å². The van der Waals surface area contributed by atoms with Crippen molar-refractivity contribution in [2.45, 2.75) is 94.5 Å². The molecule has 2 saturated heterocycles. The molecule has 67 heavy (non-hydrogen) atoms. The molecule has 346 valence electrons. The van der Waals surface area contributed by atoms with E-state index in [9.17, 15) is 15.3 Å². The quantitative estimate of drug-likeness (QED) is 0.0759. The van der Waals surface area contributed by atoms with Crippen LogP contribution in [0.5, 0.6) is 0 Å². The molecule has 2 fully saturated rings. The summed E-state index contributed by atoms with van der Waals surface area (Å²) in [5, 5.41) is 45.1. The van der Waals surface area contributed by atoms with Crippen LogP contribution in [-0.4, -0.2) is 104 Å². The van der Waals surface area contributed by atoms with Crippen LogP contribution in [0.2, 0.25) is 0 Å². The monoisotopic (exact) mass is 951 g/mol. The van der Waals surface area contributed by atoms with E-state index in [0.29, 0.717) is 50.0 Å². The van der Waals surface area contributed by atoms with Gasteiger partial charge in [-0.3, -0.25) is 14.7 Å². The molecule has 0 spiro atoms. The van der Waals surface area contributed by atoms with Crippen molar-refractivity contribution in [3.05, 3.63) is 154 Å². The minimum absolute atomic E-state index is 0.0504. The van der Waals surface area contributed by atoms with Crippen molar-refractivity contribution in [3.8, 4) is 0 Å². The van der Waals surface area contributed by atoms with Crippen molar-refractivity contribution in [1.29, 1.82) is 0 Å². The number of fused-ring (bicyclic) bond motifs is 6. The molecule has 0 aliphatic carbocycles. The molecule has 0 radical (unpaired) electrons. The third-order valence-corrected chi connectivity index (χ3v) is 17.5. The highest BCUT2D eigenvalue weighted by molar-refractivity contribution is 7.13. The maximum atomic E-state index is 13.3. The van der Waals surface area contributed by atoms with Crippen molar-refractivity contribution in [3.63, 3.8) is 0 Å². The maximum Gasteiger partial charge on any atom is 0.141 e. The molecule has 5 aliphatic heterocycles. The van der Waals surface area contributed by atoms with Gasteiger partial charge in [0.1, 0.15) is 35.3 Å². The molecule has 15 heteroatoms. The Morgan fingerprint density at radius 1 is 0.597 bits per heavy atom. The summed E-state index contributed by atoms with van der Waals surface area (Å²) in [7, 11) is 1.96. The zero-order valence-corrected chi connectivity index (χ0v) is 40.1. The molecule has 6 aromatic rings. The zero-order chi connectivity index (χ0) is 46.0. The fraction of sp³-hybridized carbons (Fsp3) is 0.365. The molecule has 12 nitrogen and oxygen atoms in total. The molecular weight excluding hydrogens is 895 g/mol. The van der Waals surface area contributed by atoms with Gasteiger partial charge in [-0.2, -0.15) is 0 Å². The molecule has 3 aromatic heterocycles. The van der Waals surface area contributed by atoms with Gasteiger partial charge >= 0.3 is 0 Å². The molecule has 0 bridgehead atoms. The van der Waals surface area contributed by atoms with Crippen LogP contribution in [0.15, 0.2) is 104 Å². The van der Waals surface area contributed by atoms with E-state index < -0.39 is 29.9 Å². The summed E-state index contributed by atoms with van der Waals surface area (Å²) in [6.45, 7) is 3.18. The number of hydrogen-bond donors (Lipinski definition) is 6. The second-order valence-electron chi connectivity index (χ2n) is 19.1. The number of aliphatic hydroxyl groups is 3. The van der Waals surface area contributed by atoms with Gasteiger partial charge in [0.15, 0.2) is 0 Å². The molecule has 3 aromatic carbocycles. The fourth-order valence-electron chi connectivity index (χ4n) is 11.3. The van der Waals surface area contributed by atoms with E-state index in [1.165, 1.54) is 11.1 Å². The molecule has 5 atom stereocenters. The normalized spacial score (nSPS) is 21.0. The topological polar surface area (TPSA) is 186 Å². The number of nitrogens with two attached hydrogens (primary N) is 3. The molecule has 3 unspecified atom stereocenters. The number of aliphatic imine (C=N–C) groups is 3. The molecule has 0 amide bonds. The van der Waals surface area contributed by atoms with E-state index >= 15 is 0 Å². The highest BCUT2D eigenvalue weighted by Crippen LogP contribution is 2.39. The Bertz CT molecular complexity index is 2800. The predicted molar refractivity (Wildman–Crippen MR) is 272 cm³/mol. The van der Waals surface area contributed by atoms with E-state index in [4.69, 9.17) is 32.2 Å². The van der Waals surface area contributed by atoms with E-state index in [0.717, 1.165) is 116 Å². The molecule has 8 heterocycles. The third-order valence-electron chi connectivity index (χ3n) is 14.6. The smallest absolute Gasteiger partial charge is 0.141 e. The first kappa shape index (κ1) is 44.4. The number of thiophene rings is 3. The summed E-state index contributed by atoms with van der Waals surface area (Å²) in [6, 6.07) is 24.7. The van der Waals surface area contributed by atoms with Gasteiger partial charge in [-0.25, -0.2) is 15.0 Å². The van der Waals surface area contributed by atoms with E-state index in [1.54, 1.807) is 34.0 Å². The van der Waals surface area contributed by atoms with Gasteiger partial charge in [0, 0.05) is 57.5 Å². The summed E-state index contributed by atoms with van der Waals surface area (Å²) in [5.41, 5.74) is 30.2. The van der Waals surface area contributed by atoms with Crippen LogP contribution in [0, 0.1) is 0 Å².